The van der Waals surface area contributed by atoms with Crippen molar-refractivity contribution in [1.82, 2.24) is 9.55 Å². The average molecular weight is 675 g/mol. The molecule has 248 valence electrons. The van der Waals surface area contributed by atoms with Gasteiger partial charge < -0.3 is 0 Å². The Morgan fingerprint density at radius 2 is 0.736 bits per heavy atom. The summed E-state index contributed by atoms with van der Waals surface area (Å²) in [6.07, 6.45) is 0. The number of aromatic nitrogens is 2. The summed E-state index contributed by atoms with van der Waals surface area (Å²) in [5.74, 6) is 0.923. The molecule has 0 amide bonds. The van der Waals surface area contributed by atoms with Gasteiger partial charge in [0.25, 0.3) is 0 Å². The van der Waals surface area contributed by atoms with Crippen LogP contribution in [0, 0.1) is 0 Å². The minimum absolute atomic E-state index is 0.923. The van der Waals surface area contributed by atoms with Crippen LogP contribution in [0.3, 0.4) is 0 Å². The van der Waals surface area contributed by atoms with E-state index in [1.165, 1.54) is 66.1 Å². The third-order valence-electron chi connectivity index (χ3n) is 10.4. The number of rotatable bonds is 6. The van der Waals surface area contributed by atoms with Gasteiger partial charge in [0.15, 0.2) is 0 Å². The molecule has 1 heterocycles. The number of nitrogens with zero attached hydrogens (tertiary/aromatic N) is 2. The molecule has 0 spiro atoms. The van der Waals surface area contributed by atoms with Crippen LogP contribution in [0.15, 0.2) is 206 Å². The monoisotopic (exact) mass is 674 g/mol. The Labute approximate surface area is 308 Å². The molecule has 0 unspecified atom stereocenters. The molecular weight excluding hydrogens is 641 g/mol. The molecule has 53 heavy (non-hydrogen) atoms. The number of hydrogen-bond donors (Lipinski definition) is 0. The summed E-state index contributed by atoms with van der Waals surface area (Å²) in [7, 11) is 0. The first kappa shape index (κ1) is 30.8. The van der Waals surface area contributed by atoms with Gasteiger partial charge in [-0.1, -0.05) is 176 Å². The van der Waals surface area contributed by atoms with Gasteiger partial charge in [0, 0.05) is 11.3 Å². The second-order valence-electron chi connectivity index (χ2n) is 13.5. The Kier molecular flexibility index (Phi) is 7.51. The molecule has 0 saturated heterocycles. The van der Waals surface area contributed by atoms with Crippen molar-refractivity contribution in [2.24, 2.45) is 0 Å². The first-order valence-electron chi connectivity index (χ1n) is 18.1. The molecule has 0 aliphatic heterocycles. The van der Waals surface area contributed by atoms with Crippen LogP contribution in [0.4, 0.5) is 0 Å². The summed E-state index contributed by atoms with van der Waals surface area (Å²) in [6, 6.07) is 74.1. The molecular formula is C51H34N2. The van der Waals surface area contributed by atoms with Crippen molar-refractivity contribution in [1.29, 1.82) is 0 Å². The third-order valence-corrected chi connectivity index (χ3v) is 10.4. The van der Waals surface area contributed by atoms with Crippen LogP contribution in [0.5, 0.6) is 0 Å². The van der Waals surface area contributed by atoms with Gasteiger partial charge >= 0.3 is 0 Å². The standard InChI is InChI=1S/C51H34N2/c1-3-15-35(16-4-1)37-29-31-38(32-30-37)51-52-47-27-11-12-28-48(47)53(51)42-22-14-21-41(34-42)50-45-25-9-7-23-43(45)49(44-24-8-10-26-46(44)50)40-20-13-19-39(33-40)36-17-5-2-6-18-36/h1-34H. The van der Waals surface area contributed by atoms with E-state index in [-0.39, 0.29) is 0 Å². The van der Waals surface area contributed by atoms with Gasteiger partial charge in [0.1, 0.15) is 5.82 Å². The van der Waals surface area contributed by atoms with Crippen molar-refractivity contribution in [2.75, 3.05) is 0 Å². The minimum atomic E-state index is 0.923. The highest BCUT2D eigenvalue weighted by Crippen LogP contribution is 2.45. The lowest BCUT2D eigenvalue weighted by atomic mass is 9.85. The van der Waals surface area contributed by atoms with Crippen LogP contribution in [-0.4, -0.2) is 9.55 Å². The molecule has 0 N–H and O–H groups in total. The topological polar surface area (TPSA) is 17.8 Å². The van der Waals surface area contributed by atoms with E-state index in [1.807, 2.05) is 0 Å². The SMILES string of the molecule is c1ccc(-c2ccc(-c3nc4ccccc4n3-c3cccc(-c4c5ccccc5c(-c5cccc(-c6ccccc6)c5)c5ccccc45)c3)cc2)cc1. The fourth-order valence-electron chi connectivity index (χ4n) is 7.96. The smallest absolute Gasteiger partial charge is 0.145 e. The first-order valence-corrected chi connectivity index (χ1v) is 18.1. The van der Waals surface area contributed by atoms with E-state index in [2.05, 4.69) is 211 Å². The summed E-state index contributed by atoms with van der Waals surface area (Å²) in [5.41, 5.74) is 13.9. The zero-order chi connectivity index (χ0) is 35.1. The number of para-hydroxylation sites is 2. The first-order chi connectivity index (χ1) is 26.3. The van der Waals surface area contributed by atoms with E-state index in [4.69, 9.17) is 4.98 Å². The van der Waals surface area contributed by atoms with Crippen LogP contribution in [0.25, 0.3) is 94.2 Å². The molecule has 0 bridgehead atoms. The maximum absolute atomic E-state index is 5.20. The summed E-state index contributed by atoms with van der Waals surface area (Å²) in [5, 5.41) is 4.94. The van der Waals surface area contributed by atoms with Crippen LogP contribution in [0.1, 0.15) is 0 Å². The highest BCUT2D eigenvalue weighted by molar-refractivity contribution is 6.21. The number of benzene rings is 9. The van der Waals surface area contributed by atoms with E-state index in [1.54, 1.807) is 0 Å². The second-order valence-corrected chi connectivity index (χ2v) is 13.5. The maximum Gasteiger partial charge on any atom is 0.145 e. The highest BCUT2D eigenvalue weighted by atomic mass is 15.1. The Bertz CT molecular complexity index is 2860. The molecule has 0 radical (unpaired) electrons. The minimum Gasteiger partial charge on any atom is -0.292 e. The van der Waals surface area contributed by atoms with Crippen molar-refractivity contribution < 1.29 is 0 Å². The van der Waals surface area contributed by atoms with E-state index in [9.17, 15) is 0 Å². The summed E-state index contributed by atoms with van der Waals surface area (Å²) < 4.78 is 2.31. The predicted molar refractivity (Wildman–Crippen MR) is 223 cm³/mol. The van der Waals surface area contributed by atoms with Gasteiger partial charge in [-0.3, -0.25) is 4.57 Å². The molecule has 0 saturated carbocycles. The highest BCUT2D eigenvalue weighted by Gasteiger charge is 2.19. The van der Waals surface area contributed by atoms with Crippen molar-refractivity contribution in [2.45, 2.75) is 0 Å². The maximum atomic E-state index is 5.20. The normalized spacial score (nSPS) is 11.4. The summed E-state index contributed by atoms with van der Waals surface area (Å²) in [6.45, 7) is 0. The van der Waals surface area contributed by atoms with E-state index >= 15 is 0 Å². The molecule has 0 aliphatic carbocycles. The van der Waals surface area contributed by atoms with E-state index in [0.717, 1.165) is 28.1 Å². The number of hydrogen-bond acceptors (Lipinski definition) is 1. The lowest BCUT2D eigenvalue weighted by molar-refractivity contribution is 1.10. The lowest BCUT2D eigenvalue weighted by Crippen LogP contribution is -1.98. The van der Waals surface area contributed by atoms with Crippen LogP contribution in [0.2, 0.25) is 0 Å². The van der Waals surface area contributed by atoms with Crippen molar-refractivity contribution >= 4 is 32.6 Å². The fraction of sp³-hybridized carbons (Fsp3) is 0. The average Bonchev–Trinajstić information content (AvgIpc) is 3.63. The quantitative estimate of drug-likeness (QED) is 0.161. The molecule has 2 nitrogen and oxygen atoms in total. The third kappa shape index (κ3) is 5.40. The van der Waals surface area contributed by atoms with Gasteiger partial charge in [-0.2, -0.15) is 0 Å². The van der Waals surface area contributed by atoms with Crippen LogP contribution >= 0.6 is 0 Å². The second kappa shape index (κ2) is 12.9. The molecule has 0 atom stereocenters. The Balaban J connectivity index is 1.16. The zero-order valence-corrected chi connectivity index (χ0v) is 29.0. The van der Waals surface area contributed by atoms with Crippen molar-refractivity contribution in [3.8, 4) is 61.6 Å². The molecule has 0 fully saturated rings. The zero-order valence-electron chi connectivity index (χ0n) is 29.0. The molecule has 2 heteroatoms. The number of imidazole rings is 1. The Hall–Kier alpha value is -7.03. The molecule has 10 rings (SSSR count). The largest absolute Gasteiger partial charge is 0.292 e. The molecule has 0 aliphatic rings. The molecule has 1 aromatic heterocycles. The molecule has 9 aromatic carbocycles. The molecule has 10 aromatic rings. The summed E-state index contributed by atoms with van der Waals surface area (Å²) in [4.78, 5) is 5.20. The van der Waals surface area contributed by atoms with Crippen LogP contribution < -0.4 is 0 Å². The van der Waals surface area contributed by atoms with E-state index in [0.29, 0.717) is 0 Å². The Morgan fingerprint density at radius 1 is 0.302 bits per heavy atom. The predicted octanol–water partition coefficient (Wildman–Crippen LogP) is 13.7. The van der Waals surface area contributed by atoms with Crippen LogP contribution in [-0.2, 0) is 0 Å². The van der Waals surface area contributed by atoms with Gasteiger partial charge in [0.2, 0.25) is 0 Å². The van der Waals surface area contributed by atoms with Gasteiger partial charge in [-0.05, 0) is 96.4 Å². The summed E-state index contributed by atoms with van der Waals surface area (Å²) >= 11 is 0. The van der Waals surface area contributed by atoms with Gasteiger partial charge in [-0.15, -0.1) is 0 Å². The number of fused-ring (bicyclic) bond motifs is 3. The van der Waals surface area contributed by atoms with Gasteiger partial charge in [0.05, 0.1) is 11.0 Å². The lowest BCUT2D eigenvalue weighted by Gasteiger charge is -2.19. The van der Waals surface area contributed by atoms with Crippen molar-refractivity contribution in [3.05, 3.63) is 206 Å². The van der Waals surface area contributed by atoms with E-state index < -0.39 is 0 Å². The van der Waals surface area contributed by atoms with Gasteiger partial charge in [-0.25, -0.2) is 4.98 Å². The Morgan fingerprint density at radius 3 is 1.36 bits per heavy atom. The van der Waals surface area contributed by atoms with Crippen molar-refractivity contribution in [3.63, 3.8) is 0 Å². The fourth-order valence-corrected chi connectivity index (χ4v) is 7.96.